The number of carbonyl (C=O) groups is 2. The van der Waals surface area contributed by atoms with Crippen LogP contribution in [0.25, 0.3) is 0 Å². The molecule has 2 rings (SSSR count). The summed E-state index contributed by atoms with van der Waals surface area (Å²) in [6.07, 6.45) is 1.79. The number of furan rings is 1. The maximum Gasteiger partial charge on any atom is 0.310 e. The number of carbonyl (C=O) groups excluding carboxylic acids is 2. The van der Waals surface area contributed by atoms with E-state index in [2.05, 4.69) is 5.32 Å². The van der Waals surface area contributed by atoms with Crippen LogP contribution in [0.3, 0.4) is 0 Å². The van der Waals surface area contributed by atoms with Crippen molar-refractivity contribution in [3.8, 4) is 0 Å². The van der Waals surface area contributed by atoms with E-state index in [9.17, 15) is 9.59 Å². The summed E-state index contributed by atoms with van der Waals surface area (Å²) in [5, 5.41) is 2.82. The summed E-state index contributed by atoms with van der Waals surface area (Å²) in [7, 11) is 0. The molecule has 0 bridgehead atoms. The lowest BCUT2D eigenvalue weighted by Gasteiger charge is -2.07. The number of hydrogen-bond donors (Lipinski definition) is 1. The van der Waals surface area contributed by atoms with Crippen LogP contribution in [0.4, 0.5) is 5.69 Å². The molecule has 0 fully saturated rings. The summed E-state index contributed by atoms with van der Waals surface area (Å²) in [6, 6.07) is 7.11. The number of nitrogens with one attached hydrogen (secondary N) is 1. The number of amides is 1. The van der Waals surface area contributed by atoms with Crippen LogP contribution in [0.1, 0.15) is 34.2 Å². The third-order valence-electron chi connectivity index (χ3n) is 3.25. The quantitative estimate of drug-likeness (QED) is 0.861. The van der Waals surface area contributed by atoms with E-state index in [0.29, 0.717) is 23.6 Å². The standard InChI is InChI=1S/C17H19NO4/c1-4-21-15(19)9-13-5-7-14(8-6-13)18-17(20)16-11(2)10-22-12(16)3/h5-8,10H,4,9H2,1-3H3,(H,18,20). The molecule has 0 radical (unpaired) electrons. The van der Waals surface area contributed by atoms with Gasteiger partial charge in [0.1, 0.15) is 5.76 Å². The van der Waals surface area contributed by atoms with Gasteiger partial charge in [-0.1, -0.05) is 12.1 Å². The van der Waals surface area contributed by atoms with Crippen LogP contribution in [0.15, 0.2) is 34.9 Å². The summed E-state index contributed by atoms with van der Waals surface area (Å²) in [6.45, 7) is 5.73. The molecule has 0 aliphatic rings. The van der Waals surface area contributed by atoms with Crippen molar-refractivity contribution in [2.24, 2.45) is 0 Å². The monoisotopic (exact) mass is 301 g/mol. The zero-order valence-electron chi connectivity index (χ0n) is 12.9. The second-order valence-electron chi connectivity index (χ2n) is 4.98. The van der Waals surface area contributed by atoms with Gasteiger partial charge in [0.15, 0.2) is 0 Å². The summed E-state index contributed by atoms with van der Waals surface area (Å²) >= 11 is 0. The van der Waals surface area contributed by atoms with E-state index < -0.39 is 0 Å². The van der Waals surface area contributed by atoms with Crippen molar-refractivity contribution >= 4 is 17.6 Å². The number of esters is 1. The summed E-state index contributed by atoms with van der Waals surface area (Å²) in [5.74, 6) is 0.125. The molecule has 0 aliphatic carbocycles. The molecule has 1 amide bonds. The van der Waals surface area contributed by atoms with Crippen LogP contribution < -0.4 is 5.32 Å². The maximum atomic E-state index is 12.2. The van der Waals surface area contributed by atoms with Crippen LogP contribution in [-0.2, 0) is 16.0 Å². The molecule has 1 aromatic heterocycles. The maximum absolute atomic E-state index is 12.2. The fourth-order valence-electron chi connectivity index (χ4n) is 2.19. The molecule has 0 unspecified atom stereocenters. The second-order valence-corrected chi connectivity index (χ2v) is 4.98. The fraction of sp³-hybridized carbons (Fsp3) is 0.294. The number of anilines is 1. The Labute approximate surface area is 129 Å². The van der Waals surface area contributed by atoms with E-state index in [1.165, 1.54) is 0 Å². The van der Waals surface area contributed by atoms with E-state index in [-0.39, 0.29) is 18.3 Å². The molecule has 2 aromatic rings. The molecular formula is C17H19NO4. The van der Waals surface area contributed by atoms with Gasteiger partial charge in [0, 0.05) is 11.3 Å². The minimum Gasteiger partial charge on any atom is -0.469 e. The van der Waals surface area contributed by atoms with Crippen molar-refractivity contribution < 1.29 is 18.7 Å². The Bertz CT molecular complexity index is 651. The predicted molar refractivity (Wildman–Crippen MR) is 82.9 cm³/mol. The lowest BCUT2D eigenvalue weighted by molar-refractivity contribution is -0.142. The lowest BCUT2D eigenvalue weighted by atomic mass is 10.1. The van der Waals surface area contributed by atoms with Crippen molar-refractivity contribution in [2.75, 3.05) is 11.9 Å². The van der Waals surface area contributed by atoms with Crippen LogP contribution in [-0.4, -0.2) is 18.5 Å². The normalized spacial score (nSPS) is 10.3. The van der Waals surface area contributed by atoms with Crippen molar-refractivity contribution in [1.29, 1.82) is 0 Å². The predicted octanol–water partition coefficient (Wildman–Crippen LogP) is 3.25. The second kappa shape index (κ2) is 6.93. The van der Waals surface area contributed by atoms with Crippen LogP contribution >= 0.6 is 0 Å². The highest BCUT2D eigenvalue weighted by molar-refractivity contribution is 6.05. The molecule has 0 atom stereocenters. The molecule has 22 heavy (non-hydrogen) atoms. The first kappa shape index (κ1) is 15.8. The topological polar surface area (TPSA) is 68.5 Å². The smallest absolute Gasteiger partial charge is 0.310 e. The Balaban J connectivity index is 2.02. The first-order valence-corrected chi connectivity index (χ1v) is 7.12. The van der Waals surface area contributed by atoms with Gasteiger partial charge in [0.2, 0.25) is 0 Å². The van der Waals surface area contributed by atoms with Gasteiger partial charge in [-0.05, 0) is 38.5 Å². The number of rotatable bonds is 5. The Morgan fingerprint density at radius 2 is 1.86 bits per heavy atom. The number of hydrogen-bond acceptors (Lipinski definition) is 4. The van der Waals surface area contributed by atoms with Crippen molar-refractivity contribution in [3.63, 3.8) is 0 Å². The van der Waals surface area contributed by atoms with Crippen molar-refractivity contribution in [1.82, 2.24) is 0 Å². The zero-order valence-corrected chi connectivity index (χ0v) is 12.9. The Morgan fingerprint density at radius 1 is 1.18 bits per heavy atom. The van der Waals surface area contributed by atoms with Crippen LogP contribution in [0, 0.1) is 13.8 Å². The van der Waals surface area contributed by atoms with Gasteiger partial charge < -0.3 is 14.5 Å². The van der Waals surface area contributed by atoms with Crippen molar-refractivity contribution in [3.05, 3.63) is 53.0 Å². The van der Waals surface area contributed by atoms with Gasteiger partial charge in [0.25, 0.3) is 5.91 Å². The van der Waals surface area contributed by atoms with Gasteiger partial charge in [-0.15, -0.1) is 0 Å². The van der Waals surface area contributed by atoms with Gasteiger partial charge in [-0.3, -0.25) is 9.59 Å². The van der Waals surface area contributed by atoms with Crippen LogP contribution in [0.5, 0.6) is 0 Å². The molecule has 5 heteroatoms. The highest BCUT2D eigenvalue weighted by Gasteiger charge is 2.15. The summed E-state index contributed by atoms with van der Waals surface area (Å²) in [4.78, 5) is 23.6. The van der Waals surface area contributed by atoms with Gasteiger partial charge in [-0.2, -0.15) is 0 Å². The first-order chi connectivity index (χ1) is 10.5. The summed E-state index contributed by atoms with van der Waals surface area (Å²) in [5.41, 5.74) is 2.86. The third-order valence-corrected chi connectivity index (χ3v) is 3.25. The molecule has 0 aliphatic heterocycles. The lowest BCUT2D eigenvalue weighted by Crippen LogP contribution is -2.13. The van der Waals surface area contributed by atoms with E-state index in [4.69, 9.17) is 9.15 Å². The molecule has 0 saturated heterocycles. The minimum atomic E-state index is -0.260. The fourth-order valence-corrected chi connectivity index (χ4v) is 2.19. The molecule has 116 valence electrons. The largest absolute Gasteiger partial charge is 0.469 e. The third kappa shape index (κ3) is 3.75. The Kier molecular flexibility index (Phi) is 4.99. The van der Waals surface area contributed by atoms with E-state index in [1.807, 2.05) is 6.92 Å². The SMILES string of the molecule is CCOC(=O)Cc1ccc(NC(=O)c2c(C)coc2C)cc1. The minimum absolute atomic E-state index is 0.207. The van der Waals surface area contributed by atoms with Crippen molar-refractivity contribution in [2.45, 2.75) is 27.2 Å². The molecule has 0 spiro atoms. The van der Waals surface area contributed by atoms with E-state index >= 15 is 0 Å². The molecule has 1 aromatic carbocycles. The first-order valence-electron chi connectivity index (χ1n) is 7.12. The molecular weight excluding hydrogens is 282 g/mol. The Morgan fingerprint density at radius 3 is 2.41 bits per heavy atom. The number of ether oxygens (including phenoxy) is 1. The van der Waals surface area contributed by atoms with Crippen LogP contribution in [0.2, 0.25) is 0 Å². The van der Waals surface area contributed by atoms with E-state index in [1.54, 1.807) is 44.4 Å². The highest BCUT2D eigenvalue weighted by atomic mass is 16.5. The van der Waals surface area contributed by atoms with Gasteiger partial charge >= 0.3 is 5.97 Å². The van der Waals surface area contributed by atoms with Gasteiger partial charge in [-0.25, -0.2) is 0 Å². The molecule has 1 N–H and O–H groups in total. The zero-order chi connectivity index (χ0) is 16.1. The average Bonchev–Trinajstić information content (AvgIpc) is 2.80. The number of aryl methyl sites for hydroxylation is 2. The molecule has 1 heterocycles. The molecule has 5 nitrogen and oxygen atoms in total. The Hall–Kier alpha value is -2.56. The average molecular weight is 301 g/mol. The highest BCUT2D eigenvalue weighted by Crippen LogP contribution is 2.18. The number of benzene rings is 1. The summed E-state index contributed by atoms with van der Waals surface area (Å²) < 4.78 is 10.1. The van der Waals surface area contributed by atoms with E-state index in [0.717, 1.165) is 11.1 Å². The van der Waals surface area contributed by atoms with Gasteiger partial charge in [0.05, 0.1) is 24.9 Å². The molecule has 0 saturated carbocycles.